The van der Waals surface area contributed by atoms with E-state index in [0.29, 0.717) is 24.9 Å². The molecular formula is C22H24FN3O2. The Hall–Kier alpha value is -2.89. The summed E-state index contributed by atoms with van der Waals surface area (Å²) < 4.78 is 13.3. The molecule has 1 saturated carbocycles. The molecule has 6 heteroatoms. The van der Waals surface area contributed by atoms with E-state index in [4.69, 9.17) is 0 Å². The van der Waals surface area contributed by atoms with E-state index in [0.717, 1.165) is 29.8 Å². The summed E-state index contributed by atoms with van der Waals surface area (Å²) >= 11 is 0. The largest absolute Gasteiger partial charge is 0.370 e. The van der Waals surface area contributed by atoms with Crippen LogP contribution in [-0.2, 0) is 16.0 Å². The number of carbonyl (C=O) groups excluding carboxylic acids is 2. The van der Waals surface area contributed by atoms with Gasteiger partial charge in [0.1, 0.15) is 11.9 Å². The Morgan fingerprint density at radius 1 is 1.18 bits per heavy atom. The Morgan fingerprint density at radius 3 is 2.61 bits per heavy atom. The van der Waals surface area contributed by atoms with Gasteiger partial charge in [-0.1, -0.05) is 12.1 Å². The number of benzene rings is 2. The van der Waals surface area contributed by atoms with Crippen molar-refractivity contribution in [1.82, 2.24) is 5.32 Å². The van der Waals surface area contributed by atoms with Crippen LogP contribution in [0.1, 0.15) is 43.4 Å². The van der Waals surface area contributed by atoms with Crippen LogP contribution in [0.4, 0.5) is 15.8 Å². The smallest absolute Gasteiger partial charge is 0.247 e. The molecule has 2 aromatic carbocycles. The minimum Gasteiger partial charge on any atom is -0.370 e. The van der Waals surface area contributed by atoms with Crippen LogP contribution in [0.3, 0.4) is 0 Å². The third-order valence-corrected chi connectivity index (χ3v) is 5.30. The molecule has 0 spiro atoms. The van der Waals surface area contributed by atoms with Crippen molar-refractivity contribution in [3.8, 4) is 0 Å². The Morgan fingerprint density at radius 2 is 1.93 bits per heavy atom. The third-order valence-electron chi connectivity index (χ3n) is 5.30. The van der Waals surface area contributed by atoms with Crippen molar-refractivity contribution in [3.63, 3.8) is 0 Å². The van der Waals surface area contributed by atoms with Crippen molar-refractivity contribution in [2.75, 3.05) is 16.8 Å². The molecule has 2 N–H and O–H groups in total. The highest BCUT2D eigenvalue weighted by Crippen LogP contribution is 2.32. The van der Waals surface area contributed by atoms with Gasteiger partial charge in [-0.2, -0.15) is 0 Å². The second-order valence-electron chi connectivity index (χ2n) is 7.39. The van der Waals surface area contributed by atoms with Gasteiger partial charge in [0.05, 0.1) is 0 Å². The van der Waals surface area contributed by atoms with E-state index >= 15 is 0 Å². The first kappa shape index (κ1) is 18.5. The number of anilines is 2. The van der Waals surface area contributed by atoms with Crippen LogP contribution < -0.4 is 15.5 Å². The molecule has 146 valence electrons. The fourth-order valence-electron chi connectivity index (χ4n) is 3.63. The number of rotatable bonds is 6. The number of nitrogens with zero attached hydrogens (tertiary/aromatic N) is 1. The molecule has 1 fully saturated rings. The summed E-state index contributed by atoms with van der Waals surface area (Å²) in [5, 5.41) is 6.33. The van der Waals surface area contributed by atoms with Crippen LogP contribution >= 0.6 is 0 Å². The maximum absolute atomic E-state index is 13.3. The second-order valence-corrected chi connectivity index (χ2v) is 7.39. The van der Waals surface area contributed by atoms with Crippen LogP contribution in [0, 0.1) is 5.82 Å². The minimum atomic E-state index is -0.605. The topological polar surface area (TPSA) is 61.4 Å². The minimum absolute atomic E-state index is 0.114. The van der Waals surface area contributed by atoms with Crippen molar-refractivity contribution in [2.24, 2.45) is 0 Å². The maximum atomic E-state index is 13.3. The van der Waals surface area contributed by atoms with Crippen molar-refractivity contribution in [2.45, 2.75) is 44.7 Å². The second kappa shape index (κ2) is 7.62. The average molecular weight is 381 g/mol. The maximum Gasteiger partial charge on any atom is 0.247 e. The standard InChI is InChI=1S/C22H24FN3O2/c1-2-26-19-11-10-18(13-15(19)5-12-20(26)27)24-21(22(28)25-17-8-9-17)14-3-6-16(23)7-4-14/h3-4,6-7,10-11,13,17,21,24H,2,5,8-9,12H2,1H3,(H,25,28). The molecular weight excluding hydrogens is 357 g/mol. The van der Waals surface area contributed by atoms with Crippen molar-refractivity contribution < 1.29 is 14.0 Å². The number of fused-ring (bicyclic) bond motifs is 1. The lowest BCUT2D eigenvalue weighted by atomic mass is 9.99. The van der Waals surface area contributed by atoms with Crippen LogP contribution in [0.2, 0.25) is 0 Å². The van der Waals surface area contributed by atoms with Crippen molar-refractivity contribution in [1.29, 1.82) is 0 Å². The quantitative estimate of drug-likeness (QED) is 0.804. The van der Waals surface area contributed by atoms with Crippen LogP contribution in [0.15, 0.2) is 42.5 Å². The van der Waals surface area contributed by atoms with E-state index in [1.54, 1.807) is 17.0 Å². The number of carbonyl (C=O) groups is 2. The Balaban J connectivity index is 1.60. The molecule has 1 unspecified atom stereocenters. The van der Waals surface area contributed by atoms with Gasteiger partial charge in [0.25, 0.3) is 0 Å². The molecule has 1 heterocycles. The summed E-state index contributed by atoms with van der Waals surface area (Å²) in [6.45, 7) is 2.60. The summed E-state index contributed by atoms with van der Waals surface area (Å²) in [4.78, 5) is 26.7. The Kier molecular flexibility index (Phi) is 5.03. The first-order valence-electron chi connectivity index (χ1n) is 9.81. The third kappa shape index (κ3) is 3.86. The van der Waals surface area contributed by atoms with Crippen molar-refractivity contribution in [3.05, 3.63) is 59.4 Å². The Bertz CT molecular complexity index is 893. The van der Waals surface area contributed by atoms with Crippen LogP contribution in [0.25, 0.3) is 0 Å². The molecule has 0 saturated heterocycles. The number of aryl methyl sites for hydroxylation is 1. The van der Waals surface area contributed by atoms with Gasteiger partial charge in [0.15, 0.2) is 0 Å². The van der Waals surface area contributed by atoms with Crippen LogP contribution in [0.5, 0.6) is 0 Å². The number of nitrogens with one attached hydrogen (secondary N) is 2. The number of halogens is 1. The van der Waals surface area contributed by atoms with E-state index in [1.165, 1.54) is 12.1 Å². The zero-order chi connectivity index (χ0) is 19.7. The molecule has 2 aromatic rings. The fourth-order valence-corrected chi connectivity index (χ4v) is 3.63. The molecule has 2 amide bonds. The van der Waals surface area contributed by atoms with Gasteiger partial charge in [0, 0.05) is 30.4 Å². The van der Waals surface area contributed by atoms with Crippen LogP contribution in [-0.4, -0.2) is 24.4 Å². The lowest BCUT2D eigenvalue weighted by Gasteiger charge is -2.29. The molecule has 2 aliphatic rings. The number of hydrogen-bond donors (Lipinski definition) is 2. The highest BCUT2D eigenvalue weighted by Gasteiger charge is 2.29. The molecule has 0 bridgehead atoms. The predicted octanol–water partition coefficient (Wildman–Crippen LogP) is 3.56. The van der Waals surface area contributed by atoms with Gasteiger partial charge in [-0.25, -0.2) is 4.39 Å². The van der Waals surface area contributed by atoms with E-state index in [2.05, 4.69) is 10.6 Å². The Labute approximate surface area is 163 Å². The van der Waals surface area contributed by atoms with Gasteiger partial charge in [-0.05, 0) is 67.6 Å². The normalized spacial score (nSPS) is 17.1. The first-order chi connectivity index (χ1) is 13.5. The lowest BCUT2D eigenvalue weighted by Crippen LogP contribution is -2.35. The van der Waals surface area contributed by atoms with Gasteiger partial charge in [-0.15, -0.1) is 0 Å². The summed E-state index contributed by atoms with van der Waals surface area (Å²) in [6.07, 6.45) is 3.19. The molecule has 4 rings (SSSR count). The van der Waals surface area contributed by atoms with Gasteiger partial charge in [0.2, 0.25) is 11.8 Å². The SMILES string of the molecule is CCN1C(=O)CCc2cc(NC(C(=O)NC3CC3)c3ccc(F)cc3)ccc21. The predicted molar refractivity (Wildman–Crippen MR) is 107 cm³/mol. The van der Waals surface area contributed by atoms with E-state index in [9.17, 15) is 14.0 Å². The van der Waals surface area contributed by atoms with E-state index in [-0.39, 0.29) is 23.7 Å². The van der Waals surface area contributed by atoms with E-state index in [1.807, 2.05) is 25.1 Å². The highest BCUT2D eigenvalue weighted by atomic mass is 19.1. The molecule has 0 aromatic heterocycles. The summed E-state index contributed by atoms with van der Waals surface area (Å²) in [5.41, 5.74) is 3.55. The van der Waals surface area contributed by atoms with Gasteiger partial charge >= 0.3 is 0 Å². The summed E-state index contributed by atoms with van der Waals surface area (Å²) in [6, 6.07) is 11.5. The zero-order valence-electron chi connectivity index (χ0n) is 15.9. The first-order valence-corrected chi connectivity index (χ1v) is 9.81. The average Bonchev–Trinajstić information content (AvgIpc) is 3.51. The number of hydrogen-bond acceptors (Lipinski definition) is 3. The lowest BCUT2D eigenvalue weighted by molar-refractivity contribution is -0.122. The van der Waals surface area contributed by atoms with Gasteiger partial charge < -0.3 is 15.5 Å². The fraction of sp³-hybridized carbons (Fsp3) is 0.364. The highest BCUT2D eigenvalue weighted by molar-refractivity contribution is 5.96. The zero-order valence-corrected chi connectivity index (χ0v) is 15.9. The molecule has 1 aliphatic carbocycles. The van der Waals surface area contributed by atoms with Crippen molar-refractivity contribution >= 4 is 23.2 Å². The summed E-state index contributed by atoms with van der Waals surface area (Å²) in [5.74, 6) is -0.302. The molecule has 28 heavy (non-hydrogen) atoms. The molecule has 0 radical (unpaired) electrons. The molecule has 1 atom stereocenters. The van der Waals surface area contributed by atoms with E-state index < -0.39 is 6.04 Å². The monoisotopic (exact) mass is 381 g/mol. The number of amides is 2. The van der Waals surface area contributed by atoms with Gasteiger partial charge in [-0.3, -0.25) is 9.59 Å². The summed E-state index contributed by atoms with van der Waals surface area (Å²) in [7, 11) is 0. The molecule has 1 aliphatic heterocycles. The molecule has 5 nitrogen and oxygen atoms in total.